The Kier molecular flexibility index (Phi) is 6.57. The van der Waals surface area contributed by atoms with E-state index in [2.05, 4.69) is 10.4 Å². The molecule has 1 heterocycles. The van der Waals surface area contributed by atoms with Crippen LogP contribution in [0, 0.1) is 0 Å². The minimum atomic E-state index is -1.87. The van der Waals surface area contributed by atoms with Crippen molar-refractivity contribution in [3.8, 4) is 5.69 Å². The number of fused-ring (bicyclic) bond motifs is 1. The number of nitrogens with zero attached hydrogens (tertiary/aromatic N) is 3. The van der Waals surface area contributed by atoms with E-state index in [1.54, 1.807) is 24.9 Å². The van der Waals surface area contributed by atoms with Crippen LogP contribution in [-0.2, 0) is 22.4 Å². The molecule has 0 fully saturated rings. The highest BCUT2D eigenvalue weighted by Gasteiger charge is 2.36. The third-order valence-corrected chi connectivity index (χ3v) is 6.27. The van der Waals surface area contributed by atoms with Crippen LogP contribution in [0.3, 0.4) is 0 Å². The summed E-state index contributed by atoms with van der Waals surface area (Å²) in [6.07, 6.45) is 1.17. The molecule has 0 unspecified atom stereocenters. The van der Waals surface area contributed by atoms with Crippen molar-refractivity contribution in [2.24, 2.45) is 0 Å². The Morgan fingerprint density at radius 1 is 1.03 bits per heavy atom. The molecular weight excluding hydrogens is 420 g/mol. The normalized spacial score (nSPS) is 16.0. The third-order valence-electron chi connectivity index (χ3n) is 6.27. The smallest absolute Gasteiger partial charge is 0.254 e. The average molecular weight is 449 g/mol. The number of nitrogens with one attached hydrogen (secondary N) is 1. The van der Waals surface area contributed by atoms with E-state index in [0.29, 0.717) is 12.8 Å². The van der Waals surface area contributed by atoms with Crippen molar-refractivity contribution >= 4 is 11.8 Å². The molecule has 3 atom stereocenters. The lowest BCUT2D eigenvalue weighted by molar-refractivity contribution is -0.153. The molecule has 3 aromatic rings. The number of hydrogen-bond donors (Lipinski definition) is 3. The maximum Gasteiger partial charge on any atom is 0.254 e. The summed E-state index contributed by atoms with van der Waals surface area (Å²) in [4.78, 5) is 26.7. The van der Waals surface area contributed by atoms with Gasteiger partial charge in [0.25, 0.3) is 11.8 Å². The van der Waals surface area contributed by atoms with E-state index in [0.717, 1.165) is 11.3 Å². The topological polar surface area (TPSA) is 108 Å². The van der Waals surface area contributed by atoms with Gasteiger partial charge in [0.1, 0.15) is 0 Å². The van der Waals surface area contributed by atoms with Gasteiger partial charge in [-0.15, -0.1) is 0 Å². The van der Waals surface area contributed by atoms with E-state index in [1.165, 1.54) is 16.0 Å². The van der Waals surface area contributed by atoms with Crippen molar-refractivity contribution in [2.45, 2.75) is 44.1 Å². The molecule has 3 N–H and O–H groups in total. The van der Waals surface area contributed by atoms with Gasteiger partial charge in [-0.1, -0.05) is 36.4 Å². The lowest BCUT2D eigenvalue weighted by atomic mass is 10.1. The van der Waals surface area contributed by atoms with Gasteiger partial charge < -0.3 is 20.4 Å². The first-order valence-electron chi connectivity index (χ1n) is 10.9. The zero-order chi connectivity index (χ0) is 23.5. The molecule has 0 spiro atoms. The zero-order valence-electron chi connectivity index (χ0n) is 18.6. The van der Waals surface area contributed by atoms with E-state index >= 15 is 0 Å². The van der Waals surface area contributed by atoms with Gasteiger partial charge in [-0.05, 0) is 54.7 Å². The van der Waals surface area contributed by atoms with E-state index in [-0.39, 0.29) is 6.04 Å². The fourth-order valence-corrected chi connectivity index (χ4v) is 4.20. The van der Waals surface area contributed by atoms with Crippen molar-refractivity contribution < 1.29 is 19.8 Å². The van der Waals surface area contributed by atoms with Gasteiger partial charge in [0.05, 0.1) is 11.7 Å². The molecule has 0 aliphatic heterocycles. The maximum absolute atomic E-state index is 12.8. The third kappa shape index (κ3) is 4.81. The second-order valence-corrected chi connectivity index (χ2v) is 8.44. The molecule has 0 saturated carbocycles. The largest absolute Gasteiger partial charge is 0.380 e. The van der Waals surface area contributed by atoms with Crippen molar-refractivity contribution in [2.75, 3.05) is 7.05 Å². The molecular formula is C25H28N4O4. The van der Waals surface area contributed by atoms with Crippen LogP contribution in [0.2, 0.25) is 0 Å². The number of aromatic nitrogens is 2. The van der Waals surface area contributed by atoms with Crippen LogP contribution in [0.5, 0.6) is 0 Å². The van der Waals surface area contributed by atoms with Crippen molar-refractivity contribution in [1.82, 2.24) is 20.0 Å². The van der Waals surface area contributed by atoms with E-state index < -0.39 is 30.1 Å². The summed E-state index contributed by atoms with van der Waals surface area (Å²) in [6.45, 7) is 1.77. The molecule has 0 radical (unpaired) electrons. The van der Waals surface area contributed by atoms with Crippen LogP contribution >= 0.6 is 0 Å². The number of aliphatic hydroxyl groups is 2. The van der Waals surface area contributed by atoms with Gasteiger partial charge >= 0.3 is 0 Å². The Morgan fingerprint density at radius 3 is 2.24 bits per heavy atom. The highest BCUT2D eigenvalue weighted by Crippen LogP contribution is 2.25. The first-order chi connectivity index (χ1) is 15.8. The number of aliphatic hydroxyl groups excluding tert-OH is 2. The molecule has 172 valence electrons. The molecule has 1 aliphatic rings. The van der Waals surface area contributed by atoms with Crippen molar-refractivity contribution in [1.29, 1.82) is 0 Å². The highest BCUT2D eigenvalue weighted by molar-refractivity contribution is 5.91. The summed E-state index contributed by atoms with van der Waals surface area (Å²) in [5, 5.41) is 27.6. The van der Waals surface area contributed by atoms with Crippen LogP contribution in [-0.4, -0.2) is 62.0 Å². The minimum Gasteiger partial charge on any atom is -0.380 e. The van der Waals surface area contributed by atoms with Crippen LogP contribution in [0.1, 0.15) is 29.7 Å². The molecule has 4 rings (SSSR count). The van der Waals surface area contributed by atoms with Gasteiger partial charge in [-0.2, -0.15) is 5.10 Å². The number of benzene rings is 2. The second-order valence-electron chi connectivity index (χ2n) is 8.44. The fourth-order valence-electron chi connectivity index (χ4n) is 4.20. The Bertz CT molecular complexity index is 1090. The zero-order valence-corrected chi connectivity index (χ0v) is 18.6. The molecule has 8 heteroatoms. The number of rotatable bonds is 7. The first kappa shape index (κ1) is 22.7. The molecule has 1 aliphatic carbocycles. The standard InChI is InChI=1S/C25H28N4O4/c1-16(17-8-10-20(11-9-17)29-13-5-12-26-29)27-24(32)22(30)23(31)25(33)28(2)21-14-18-6-3-4-7-19(18)15-21/h3-13,16,21-23,30-31H,14-15H2,1-2H3,(H,27,32)/t16-,22-,23-/m1/s1. The molecule has 0 saturated heterocycles. The van der Waals surface area contributed by atoms with Gasteiger partial charge in [0.15, 0.2) is 12.2 Å². The molecule has 2 aromatic carbocycles. The van der Waals surface area contributed by atoms with Crippen LogP contribution in [0.4, 0.5) is 0 Å². The van der Waals surface area contributed by atoms with E-state index in [4.69, 9.17) is 0 Å². The van der Waals surface area contributed by atoms with Crippen molar-refractivity contribution in [3.05, 3.63) is 83.7 Å². The van der Waals surface area contributed by atoms with Gasteiger partial charge in [-0.25, -0.2) is 4.68 Å². The Labute approximate surface area is 192 Å². The van der Waals surface area contributed by atoms with E-state index in [9.17, 15) is 19.8 Å². The van der Waals surface area contributed by atoms with Gasteiger partial charge in [-0.3, -0.25) is 9.59 Å². The molecule has 8 nitrogen and oxygen atoms in total. The predicted molar refractivity (Wildman–Crippen MR) is 123 cm³/mol. The minimum absolute atomic E-state index is 0.118. The Hall–Kier alpha value is -3.49. The molecule has 33 heavy (non-hydrogen) atoms. The summed E-state index contributed by atoms with van der Waals surface area (Å²) >= 11 is 0. The average Bonchev–Trinajstić information content (AvgIpc) is 3.52. The number of likely N-dealkylation sites (N-methyl/N-ethyl adjacent to an activating group) is 1. The molecule has 1 aromatic heterocycles. The number of amides is 2. The quantitative estimate of drug-likeness (QED) is 0.506. The second kappa shape index (κ2) is 9.56. The molecule has 0 bridgehead atoms. The maximum atomic E-state index is 12.8. The summed E-state index contributed by atoms with van der Waals surface area (Å²) in [5.41, 5.74) is 4.03. The van der Waals surface area contributed by atoms with Crippen LogP contribution in [0.25, 0.3) is 5.69 Å². The van der Waals surface area contributed by atoms with Crippen molar-refractivity contribution in [3.63, 3.8) is 0 Å². The first-order valence-corrected chi connectivity index (χ1v) is 10.9. The lowest BCUT2D eigenvalue weighted by Crippen LogP contribution is -2.52. The van der Waals surface area contributed by atoms with Gasteiger partial charge in [0.2, 0.25) is 0 Å². The lowest BCUT2D eigenvalue weighted by Gasteiger charge is -2.28. The summed E-state index contributed by atoms with van der Waals surface area (Å²) < 4.78 is 1.72. The number of hydrogen-bond acceptors (Lipinski definition) is 5. The Morgan fingerprint density at radius 2 is 1.67 bits per heavy atom. The monoisotopic (exact) mass is 448 g/mol. The molecule has 2 amide bonds. The fraction of sp³-hybridized carbons (Fsp3) is 0.320. The highest BCUT2D eigenvalue weighted by atomic mass is 16.3. The Balaban J connectivity index is 1.33. The SMILES string of the molecule is C[C@@H](NC(=O)[C@H](O)[C@@H](O)C(=O)N(C)C1Cc2ccccc2C1)c1ccc(-n2cccn2)cc1. The predicted octanol–water partition coefficient (Wildman–Crippen LogP) is 1.40. The number of carbonyl (C=O) groups excluding carboxylic acids is 2. The summed E-state index contributed by atoms with van der Waals surface area (Å²) in [5.74, 6) is -1.48. The number of carbonyl (C=O) groups is 2. The van der Waals surface area contributed by atoms with Crippen LogP contribution < -0.4 is 5.32 Å². The van der Waals surface area contributed by atoms with E-state index in [1.807, 2.05) is 60.8 Å². The van der Waals surface area contributed by atoms with Crippen LogP contribution in [0.15, 0.2) is 67.0 Å². The van der Waals surface area contributed by atoms with Gasteiger partial charge in [0, 0.05) is 25.5 Å². The summed E-state index contributed by atoms with van der Waals surface area (Å²) in [7, 11) is 1.59. The summed E-state index contributed by atoms with van der Waals surface area (Å²) in [6, 6.07) is 16.7.